The Kier molecular flexibility index (Phi) is 8.15. The maximum Gasteiger partial charge on any atom is 0.228 e. The highest BCUT2D eigenvalue weighted by molar-refractivity contribution is 5.83. The van der Waals surface area contributed by atoms with E-state index in [0.717, 1.165) is 39.1 Å². The fraction of sp³-hybridized carbons (Fsp3) is 0.938. The van der Waals surface area contributed by atoms with Crippen LogP contribution in [0.2, 0.25) is 0 Å². The number of carbonyl (C=O) groups excluding carboxylic acids is 1. The molecule has 0 bridgehead atoms. The predicted molar refractivity (Wildman–Crippen MR) is 84.9 cm³/mol. The van der Waals surface area contributed by atoms with Gasteiger partial charge in [0.2, 0.25) is 5.91 Å². The summed E-state index contributed by atoms with van der Waals surface area (Å²) in [6, 6.07) is 0. The Morgan fingerprint density at radius 1 is 1.05 bits per heavy atom. The quantitative estimate of drug-likeness (QED) is 0.570. The van der Waals surface area contributed by atoms with Gasteiger partial charge in [-0.3, -0.25) is 4.79 Å². The van der Waals surface area contributed by atoms with Gasteiger partial charge in [-0.1, -0.05) is 32.6 Å². The lowest BCUT2D eigenvalue weighted by Gasteiger charge is -2.44. The van der Waals surface area contributed by atoms with Crippen LogP contribution in [0.3, 0.4) is 0 Å². The number of hydrogen-bond donors (Lipinski definition) is 2. The van der Waals surface area contributed by atoms with E-state index >= 15 is 0 Å². The molecule has 0 aromatic carbocycles. The van der Waals surface area contributed by atoms with Crippen molar-refractivity contribution in [1.29, 1.82) is 0 Å². The van der Waals surface area contributed by atoms with E-state index in [1.165, 1.54) is 32.1 Å². The van der Waals surface area contributed by atoms with Crippen LogP contribution in [-0.4, -0.2) is 50.6 Å². The lowest BCUT2D eigenvalue weighted by atomic mass is 9.81. The molecule has 0 unspecified atom stereocenters. The van der Waals surface area contributed by atoms with Gasteiger partial charge in [0, 0.05) is 19.6 Å². The van der Waals surface area contributed by atoms with Gasteiger partial charge in [-0.15, -0.1) is 0 Å². The number of likely N-dealkylation sites (tertiary alicyclic amines) is 1. The van der Waals surface area contributed by atoms with Crippen molar-refractivity contribution in [3.05, 3.63) is 0 Å². The van der Waals surface area contributed by atoms with Gasteiger partial charge in [0.1, 0.15) is 0 Å². The highest BCUT2D eigenvalue weighted by Crippen LogP contribution is 2.28. The molecule has 1 fully saturated rings. The Labute approximate surface area is 124 Å². The van der Waals surface area contributed by atoms with Crippen molar-refractivity contribution in [2.45, 2.75) is 52.4 Å². The van der Waals surface area contributed by atoms with Crippen LogP contribution in [0, 0.1) is 5.41 Å². The molecule has 2 N–H and O–H groups in total. The van der Waals surface area contributed by atoms with Gasteiger partial charge in [-0.05, 0) is 39.9 Å². The van der Waals surface area contributed by atoms with Crippen LogP contribution in [0.15, 0.2) is 0 Å². The van der Waals surface area contributed by atoms with Gasteiger partial charge >= 0.3 is 0 Å². The smallest absolute Gasteiger partial charge is 0.228 e. The summed E-state index contributed by atoms with van der Waals surface area (Å²) in [6.07, 6.45) is 7.58. The third-order valence-electron chi connectivity index (χ3n) is 4.10. The Bertz CT molecular complexity index is 275. The van der Waals surface area contributed by atoms with Crippen LogP contribution in [0.25, 0.3) is 0 Å². The van der Waals surface area contributed by atoms with Gasteiger partial charge < -0.3 is 15.5 Å². The van der Waals surface area contributed by atoms with Crippen molar-refractivity contribution < 1.29 is 4.79 Å². The molecule has 0 aromatic heterocycles. The number of nitrogens with one attached hydrogen (secondary N) is 2. The number of hydrogen-bond acceptors (Lipinski definition) is 3. The fourth-order valence-electron chi connectivity index (χ4n) is 2.96. The summed E-state index contributed by atoms with van der Waals surface area (Å²) in [4.78, 5) is 14.2. The van der Waals surface area contributed by atoms with Crippen molar-refractivity contribution in [3.8, 4) is 0 Å². The van der Waals surface area contributed by atoms with Crippen molar-refractivity contribution in [1.82, 2.24) is 15.5 Å². The number of rotatable bonds is 11. The van der Waals surface area contributed by atoms with Crippen LogP contribution in [0.5, 0.6) is 0 Å². The zero-order chi connectivity index (χ0) is 14.8. The second kappa shape index (κ2) is 9.35. The van der Waals surface area contributed by atoms with Gasteiger partial charge in [0.15, 0.2) is 0 Å². The molecule has 0 spiro atoms. The number of amides is 1. The summed E-state index contributed by atoms with van der Waals surface area (Å²) < 4.78 is 0. The first-order valence-electron chi connectivity index (χ1n) is 8.26. The van der Waals surface area contributed by atoms with Crippen LogP contribution < -0.4 is 10.6 Å². The molecule has 20 heavy (non-hydrogen) atoms. The van der Waals surface area contributed by atoms with Crippen molar-refractivity contribution >= 4 is 5.91 Å². The molecule has 1 saturated heterocycles. The zero-order valence-corrected chi connectivity index (χ0v) is 13.6. The van der Waals surface area contributed by atoms with E-state index in [-0.39, 0.29) is 11.3 Å². The van der Waals surface area contributed by atoms with Gasteiger partial charge in [-0.2, -0.15) is 0 Å². The van der Waals surface area contributed by atoms with E-state index in [9.17, 15) is 4.79 Å². The minimum Gasteiger partial charge on any atom is -0.356 e. The Hall–Kier alpha value is -0.610. The maximum absolute atomic E-state index is 12.0. The van der Waals surface area contributed by atoms with E-state index in [4.69, 9.17) is 0 Å². The first kappa shape index (κ1) is 17.4. The Balaban J connectivity index is 1.86. The standard InChI is InChI=1S/C16H33N3O/c1-4-17-11-9-7-5-6-8-10-12-18-15(20)16(2)13-19(3)14-16/h17H,4-14H2,1-3H3,(H,18,20). The van der Waals surface area contributed by atoms with E-state index in [2.05, 4.69) is 36.4 Å². The molecule has 0 aliphatic carbocycles. The van der Waals surface area contributed by atoms with E-state index < -0.39 is 0 Å². The average molecular weight is 283 g/mol. The largest absolute Gasteiger partial charge is 0.356 e. The molecule has 1 aliphatic heterocycles. The molecule has 1 aliphatic rings. The maximum atomic E-state index is 12.0. The minimum absolute atomic E-state index is 0.138. The molecule has 0 saturated carbocycles. The average Bonchev–Trinajstić information content (AvgIpc) is 2.39. The SMILES string of the molecule is CCNCCCCCCCCNC(=O)C1(C)CN(C)C1. The molecule has 0 radical (unpaired) electrons. The molecule has 1 heterocycles. The van der Waals surface area contributed by atoms with E-state index in [0.29, 0.717) is 0 Å². The summed E-state index contributed by atoms with van der Waals surface area (Å²) in [5, 5.41) is 6.44. The molecule has 0 atom stereocenters. The third kappa shape index (κ3) is 6.23. The first-order chi connectivity index (χ1) is 9.58. The van der Waals surface area contributed by atoms with E-state index in [1.54, 1.807) is 0 Å². The second-order valence-electron chi connectivity index (χ2n) is 6.46. The van der Waals surface area contributed by atoms with Gasteiger partial charge in [0.05, 0.1) is 5.41 Å². The molecular weight excluding hydrogens is 250 g/mol. The van der Waals surface area contributed by atoms with Gasteiger partial charge in [0.25, 0.3) is 0 Å². The van der Waals surface area contributed by atoms with Gasteiger partial charge in [-0.25, -0.2) is 0 Å². The summed E-state index contributed by atoms with van der Waals surface area (Å²) >= 11 is 0. The topological polar surface area (TPSA) is 44.4 Å². The monoisotopic (exact) mass is 283 g/mol. The minimum atomic E-state index is -0.138. The lowest BCUT2D eigenvalue weighted by Crippen LogP contribution is -2.60. The molecule has 1 amide bonds. The number of carbonyl (C=O) groups is 1. The molecular formula is C16H33N3O. The summed E-state index contributed by atoms with van der Waals surface area (Å²) in [5.74, 6) is 0.237. The highest BCUT2D eigenvalue weighted by atomic mass is 16.2. The normalized spacial score (nSPS) is 17.8. The van der Waals surface area contributed by atoms with Crippen molar-refractivity contribution in [3.63, 3.8) is 0 Å². The van der Waals surface area contributed by atoms with Crippen LogP contribution in [-0.2, 0) is 4.79 Å². The van der Waals surface area contributed by atoms with Crippen molar-refractivity contribution in [2.24, 2.45) is 5.41 Å². The molecule has 1 rings (SSSR count). The molecule has 4 nitrogen and oxygen atoms in total. The second-order valence-corrected chi connectivity index (χ2v) is 6.46. The molecule has 0 aromatic rings. The molecule has 4 heteroatoms. The van der Waals surface area contributed by atoms with Crippen molar-refractivity contribution in [2.75, 3.05) is 39.8 Å². The predicted octanol–water partition coefficient (Wildman–Crippen LogP) is 2.00. The third-order valence-corrected chi connectivity index (χ3v) is 4.10. The summed E-state index contributed by atoms with van der Waals surface area (Å²) in [5.41, 5.74) is -0.138. The highest BCUT2D eigenvalue weighted by Gasteiger charge is 2.42. The molecule has 118 valence electrons. The summed E-state index contributed by atoms with van der Waals surface area (Å²) in [6.45, 7) is 9.07. The Morgan fingerprint density at radius 2 is 1.60 bits per heavy atom. The van der Waals surface area contributed by atoms with Crippen LogP contribution in [0.1, 0.15) is 52.4 Å². The lowest BCUT2D eigenvalue weighted by molar-refractivity contribution is -0.138. The zero-order valence-electron chi connectivity index (χ0n) is 13.6. The summed E-state index contributed by atoms with van der Waals surface area (Å²) in [7, 11) is 2.06. The number of unbranched alkanes of at least 4 members (excludes halogenated alkanes) is 5. The van der Waals surface area contributed by atoms with Crippen LogP contribution in [0.4, 0.5) is 0 Å². The van der Waals surface area contributed by atoms with Crippen LogP contribution >= 0.6 is 0 Å². The first-order valence-corrected chi connectivity index (χ1v) is 8.26. The number of nitrogens with zero attached hydrogens (tertiary/aromatic N) is 1. The fourth-order valence-corrected chi connectivity index (χ4v) is 2.96. The van der Waals surface area contributed by atoms with E-state index in [1.807, 2.05) is 0 Å². The Morgan fingerprint density at radius 3 is 2.15 bits per heavy atom.